The fourth-order valence-electron chi connectivity index (χ4n) is 14.8. The summed E-state index contributed by atoms with van der Waals surface area (Å²) in [5.41, 5.74) is 9.68. The van der Waals surface area contributed by atoms with Gasteiger partial charge in [-0.3, -0.25) is 39.6 Å². The third-order valence-electron chi connectivity index (χ3n) is 17.7. The number of hydrogen-bond acceptors (Lipinski definition) is 8. The van der Waals surface area contributed by atoms with Crippen molar-refractivity contribution in [3.8, 4) is 0 Å². The van der Waals surface area contributed by atoms with Crippen LogP contribution in [0.1, 0.15) is 140 Å². The third-order valence-corrected chi connectivity index (χ3v) is 17.7. The van der Waals surface area contributed by atoms with Gasteiger partial charge in [0.15, 0.2) is 0 Å². The summed E-state index contributed by atoms with van der Waals surface area (Å²) in [6.07, 6.45) is 1.65. The topological polar surface area (TPSA) is 225 Å². The summed E-state index contributed by atoms with van der Waals surface area (Å²) in [5, 5.41) is 24.9. The zero-order valence-corrected chi connectivity index (χ0v) is 39.3. The van der Waals surface area contributed by atoms with Crippen LogP contribution in [0.3, 0.4) is 0 Å². The average molecular weight is 903 g/mol. The van der Waals surface area contributed by atoms with Gasteiger partial charge in [-0.15, -0.1) is 0 Å². The van der Waals surface area contributed by atoms with E-state index < -0.39 is 68.6 Å². The van der Waals surface area contributed by atoms with E-state index in [4.69, 9.17) is 11.5 Å². The smallest absolute Gasteiger partial charge is 0.411 e. The van der Waals surface area contributed by atoms with Crippen molar-refractivity contribution >= 4 is 35.8 Å². The molecule has 5 aliphatic carbocycles. The predicted octanol–water partition coefficient (Wildman–Crippen LogP) is 6.65. The Morgan fingerprint density at radius 2 is 1.03 bits per heavy atom. The first-order valence-electron chi connectivity index (χ1n) is 23.5. The van der Waals surface area contributed by atoms with E-state index in [0.29, 0.717) is 61.0 Å². The number of benzene rings is 3. The second-order valence-electron chi connectivity index (χ2n) is 21.7. The summed E-state index contributed by atoms with van der Waals surface area (Å²) in [6.45, 7) is 15.7. The van der Waals surface area contributed by atoms with Crippen molar-refractivity contribution in [1.29, 1.82) is 0 Å². The van der Waals surface area contributed by atoms with Crippen molar-refractivity contribution in [2.45, 2.75) is 151 Å². The van der Waals surface area contributed by atoms with Gasteiger partial charge in [0, 0.05) is 41.2 Å². The molecule has 2 saturated heterocycles. The summed E-state index contributed by atoms with van der Waals surface area (Å²) in [7, 11) is 0. The highest BCUT2D eigenvalue weighted by Crippen LogP contribution is 2.66. The molecule has 352 valence electrons. The number of carbonyl (C=O) groups is 6. The van der Waals surface area contributed by atoms with Crippen molar-refractivity contribution in [3.63, 3.8) is 0 Å². The number of likely N-dealkylation sites (tertiary alicyclic amines) is 2. The third kappa shape index (κ3) is 6.47. The molecule has 8 N–H and O–H groups in total. The molecule has 14 heteroatoms. The summed E-state index contributed by atoms with van der Waals surface area (Å²) in [5.74, 6) is -2.85. The Kier molecular flexibility index (Phi) is 11.4. The van der Waals surface area contributed by atoms with Gasteiger partial charge in [-0.05, 0) is 102 Å². The second kappa shape index (κ2) is 16.0. The van der Waals surface area contributed by atoms with Crippen LogP contribution in [0, 0.1) is 11.3 Å². The van der Waals surface area contributed by atoms with Gasteiger partial charge in [0.1, 0.15) is 11.1 Å². The average Bonchev–Trinajstić information content (AvgIpc) is 3.93. The summed E-state index contributed by atoms with van der Waals surface area (Å²) >= 11 is 0. The molecule has 14 nitrogen and oxygen atoms in total. The number of nitrogens with two attached hydrogens (primary N) is 2. The lowest BCUT2D eigenvalue weighted by Crippen LogP contribution is -2.73. The molecule has 7 aliphatic rings. The number of fused-ring (bicyclic) bond motifs is 6. The number of rotatable bonds is 11. The molecule has 7 unspecified atom stereocenters. The van der Waals surface area contributed by atoms with E-state index in [1.54, 1.807) is 0 Å². The van der Waals surface area contributed by atoms with Crippen molar-refractivity contribution in [1.82, 2.24) is 20.4 Å². The van der Waals surface area contributed by atoms with Crippen molar-refractivity contribution in [3.05, 3.63) is 106 Å². The molecule has 3 aromatic carbocycles. The van der Waals surface area contributed by atoms with Crippen LogP contribution in [0.15, 0.2) is 72.8 Å². The molecule has 2 aliphatic heterocycles. The first-order valence-corrected chi connectivity index (χ1v) is 23.5. The Balaban J connectivity index is 1.36. The predicted molar refractivity (Wildman–Crippen MR) is 248 cm³/mol. The number of carboxylic acid groups (broad SMARTS) is 2. The number of hydrogen-bond donors (Lipinski definition) is 6. The molecule has 3 aromatic rings. The van der Waals surface area contributed by atoms with Gasteiger partial charge in [0.2, 0.25) is 11.8 Å². The number of amides is 6. The van der Waals surface area contributed by atoms with Crippen LogP contribution >= 0.6 is 0 Å². The first kappa shape index (κ1) is 46.9. The van der Waals surface area contributed by atoms with Crippen LogP contribution in [-0.4, -0.2) is 81.0 Å². The molecule has 9 atom stereocenters. The standard InChI is InChI=1S/C52H66N6O8/c1-46(2,3)31-14-20-34(21-15-31)50(7)37(38-12-9-27-57(38)51(42(61)55-44(63)64)35-22-16-32(17-23-35)48(51,5)29-40(53)59)11-8-26-47(50,4)39-13-10-28-58(39)52(43(62)56-45(65)66)36-24-18-33(19-25-36)49(52,6)30-41(54)60/h14-25,37-39H,8-13,26-30H2,1-7H3,(H2,53,59)(H2,54,60)(H,55,61)(H,56,62)(H,63,64)(H,65,66)/t37?,38?,39?,47?,48?,49?,50?,51-,52-/m1/s1. The van der Waals surface area contributed by atoms with Crippen LogP contribution in [-0.2, 0) is 51.9 Å². The van der Waals surface area contributed by atoms with Crippen LogP contribution < -0.4 is 22.1 Å². The largest absolute Gasteiger partial charge is 0.465 e. The van der Waals surface area contributed by atoms with Crippen LogP contribution in [0.25, 0.3) is 0 Å². The maximum Gasteiger partial charge on any atom is 0.411 e. The monoisotopic (exact) mass is 902 g/mol. The van der Waals surface area contributed by atoms with E-state index in [9.17, 15) is 29.4 Å². The SMILES string of the molecule is CC(C)(C)c1ccc(C2(C)C(C3CCCN3[C@@]3(C(=O)NC(=O)O)c4ccc(cc4)C3(C)CC(N)=O)CCCC2(C)C2CCCN2[C@@]2(C(=O)NC(=O)O)c3ccc(cc3)C2(C)CC(N)=O)cc1. The number of primary amides is 2. The van der Waals surface area contributed by atoms with Crippen molar-refractivity contribution < 1.29 is 39.0 Å². The van der Waals surface area contributed by atoms with Gasteiger partial charge in [-0.2, -0.15) is 0 Å². The van der Waals surface area contributed by atoms with Gasteiger partial charge in [-0.25, -0.2) is 9.59 Å². The van der Waals surface area contributed by atoms with E-state index in [1.165, 1.54) is 0 Å². The molecule has 0 radical (unpaired) electrons. The fourth-order valence-corrected chi connectivity index (χ4v) is 14.8. The van der Waals surface area contributed by atoms with Gasteiger partial charge in [0.05, 0.1) is 0 Å². The van der Waals surface area contributed by atoms with E-state index in [-0.39, 0.29) is 36.3 Å². The number of nitrogens with zero attached hydrogens (tertiary/aromatic N) is 2. The normalized spacial score (nSPS) is 34.0. The first-order chi connectivity index (χ1) is 30.9. The number of nitrogens with one attached hydrogen (secondary N) is 2. The minimum atomic E-state index is -1.63. The Labute approximate surface area is 387 Å². The maximum atomic E-state index is 15.1. The molecule has 4 bridgehead atoms. The Morgan fingerprint density at radius 1 is 0.606 bits per heavy atom. The minimum Gasteiger partial charge on any atom is -0.465 e. The fraction of sp³-hybridized carbons (Fsp3) is 0.538. The molecular formula is C52H66N6O8. The zero-order valence-electron chi connectivity index (χ0n) is 39.3. The van der Waals surface area contributed by atoms with E-state index in [0.717, 1.165) is 30.4 Å². The minimum absolute atomic E-state index is 0.144. The quantitative estimate of drug-likeness (QED) is 0.120. The molecule has 66 heavy (non-hydrogen) atoms. The van der Waals surface area contributed by atoms with Gasteiger partial charge in [0.25, 0.3) is 11.8 Å². The second-order valence-corrected chi connectivity index (χ2v) is 21.7. The molecule has 1 saturated carbocycles. The van der Waals surface area contributed by atoms with Gasteiger partial charge < -0.3 is 21.7 Å². The summed E-state index contributed by atoms with van der Waals surface area (Å²) < 4.78 is 0. The lowest BCUT2D eigenvalue weighted by Gasteiger charge is -2.65. The molecule has 0 aromatic heterocycles. The zero-order chi connectivity index (χ0) is 48.0. The molecule has 2 heterocycles. The number of carbonyl (C=O) groups excluding carboxylic acids is 4. The Morgan fingerprint density at radius 3 is 1.48 bits per heavy atom. The van der Waals surface area contributed by atoms with Crippen LogP contribution in [0.2, 0.25) is 0 Å². The van der Waals surface area contributed by atoms with Crippen molar-refractivity contribution in [2.24, 2.45) is 22.8 Å². The molecular weight excluding hydrogens is 837 g/mol. The van der Waals surface area contributed by atoms with E-state index >= 15 is 9.59 Å². The molecule has 6 amide bonds. The molecule has 0 spiro atoms. The highest BCUT2D eigenvalue weighted by Gasteiger charge is 2.70. The van der Waals surface area contributed by atoms with Crippen LogP contribution in [0.4, 0.5) is 9.59 Å². The lowest BCUT2D eigenvalue weighted by atomic mass is 9.45. The van der Waals surface area contributed by atoms with Gasteiger partial charge >= 0.3 is 12.2 Å². The maximum absolute atomic E-state index is 15.1. The van der Waals surface area contributed by atoms with E-state index in [2.05, 4.69) is 79.3 Å². The van der Waals surface area contributed by atoms with Crippen molar-refractivity contribution in [2.75, 3.05) is 13.1 Å². The molecule has 3 fully saturated rings. The van der Waals surface area contributed by atoms with E-state index in [1.807, 2.05) is 62.4 Å². The highest BCUT2D eigenvalue weighted by molar-refractivity contribution is 6.01. The summed E-state index contributed by atoms with van der Waals surface area (Å²) in [4.78, 5) is 86.0. The molecule has 10 rings (SSSR count). The van der Waals surface area contributed by atoms with Gasteiger partial charge in [-0.1, -0.05) is 128 Å². The number of imide groups is 2. The Hall–Kier alpha value is -5.60. The highest BCUT2D eigenvalue weighted by atomic mass is 16.4. The van der Waals surface area contributed by atoms with Crippen LogP contribution in [0.5, 0.6) is 0 Å². The summed E-state index contributed by atoms with van der Waals surface area (Å²) in [6, 6.07) is 23.2. The lowest BCUT2D eigenvalue weighted by molar-refractivity contribution is -0.154. The Bertz CT molecular complexity index is 2470.